The van der Waals surface area contributed by atoms with Gasteiger partial charge in [0, 0.05) is 20.1 Å². The lowest BCUT2D eigenvalue weighted by Gasteiger charge is -2.29. The molecule has 2 rings (SSSR count). The van der Waals surface area contributed by atoms with Gasteiger partial charge in [-0.15, -0.1) is 0 Å². The maximum Gasteiger partial charge on any atom is 0.147 e. The molecule has 17 heavy (non-hydrogen) atoms. The van der Waals surface area contributed by atoms with Crippen molar-refractivity contribution in [3.63, 3.8) is 0 Å². The van der Waals surface area contributed by atoms with E-state index >= 15 is 0 Å². The van der Waals surface area contributed by atoms with Gasteiger partial charge in [0.1, 0.15) is 11.9 Å². The van der Waals surface area contributed by atoms with E-state index in [9.17, 15) is 5.26 Å². The van der Waals surface area contributed by atoms with E-state index in [1.54, 1.807) is 0 Å². The number of aryl methyl sites for hydroxylation is 1. The van der Waals surface area contributed by atoms with E-state index in [2.05, 4.69) is 21.3 Å². The van der Waals surface area contributed by atoms with Gasteiger partial charge < -0.3 is 15.0 Å². The van der Waals surface area contributed by atoms with Crippen molar-refractivity contribution in [2.75, 3.05) is 43.6 Å². The van der Waals surface area contributed by atoms with Gasteiger partial charge in [-0.3, -0.25) is 0 Å². The molecule has 5 nitrogen and oxygen atoms in total. The fraction of sp³-hybridized carbons (Fsp3) is 0.500. The van der Waals surface area contributed by atoms with E-state index < -0.39 is 0 Å². The topological polar surface area (TPSA) is 61.2 Å². The molecular formula is C12H16N4O. The normalized spacial score (nSPS) is 15.5. The molecule has 1 fully saturated rings. The van der Waals surface area contributed by atoms with E-state index in [0.29, 0.717) is 18.8 Å². The van der Waals surface area contributed by atoms with E-state index in [1.165, 1.54) is 0 Å². The molecule has 0 aromatic carbocycles. The summed E-state index contributed by atoms with van der Waals surface area (Å²) in [5.41, 5.74) is 2.42. The molecule has 0 amide bonds. The van der Waals surface area contributed by atoms with Crippen LogP contribution in [-0.4, -0.2) is 38.3 Å². The van der Waals surface area contributed by atoms with Crippen LogP contribution in [0.3, 0.4) is 0 Å². The van der Waals surface area contributed by atoms with Crippen LogP contribution in [0, 0.1) is 18.3 Å². The first-order chi connectivity index (χ1) is 8.26. The van der Waals surface area contributed by atoms with Crippen molar-refractivity contribution < 1.29 is 4.74 Å². The highest BCUT2D eigenvalue weighted by atomic mass is 16.5. The molecule has 90 valence electrons. The van der Waals surface area contributed by atoms with Crippen molar-refractivity contribution in [2.45, 2.75) is 6.92 Å². The summed E-state index contributed by atoms with van der Waals surface area (Å²) in [7, 11) is 1.83. The minimum absolute atomic E-state index is 0.613. The van der Waals surface area contributed by atoms with Gasteiger partial charge in [0.05, 0.1) is 30.2 Å². The second-order valence-electron chi connectivity index (χ2n) is 3.95. The van der Waals surface area contributed by atoms with Crippen molar-refractivity contribution in [1.82, 2.24) is 4.98 Å². The Kier molecular flexibility index (Phi) is 3.45. The van der Waals surface area contributed by atoms with Crippen molar-refractivity contribution in [2.24, 2.45) is 0 Å². The third kappa shape index (κ3) is 2.32. The summed E-state index contributed by atoms with van der Waals surface area (Å²) in [6.07, 6.45) is 0. The number of hydrogen-bond acceptors (Lipinski definition) is 5. The molecule has 0 bridgehead atoms. The number of nitrogens with one attached hydrogen (secondary N) is 1. The second kappa shape index (κ2) is 5.02. The van der Waals surface area contributed by atoms with E-state index in [1.807, 2.05) is 20.0 Å². The van der Waals surface area contributed by atoms with Crippen molar-refractivity contribution in [3.05, 3.63) is 17.3 Å². The second-order valence-corrected chi connectivity index (χ2v) is 3.95. The number of morpholine rings is 1. The van der Waals surface area contributed by atoms with Crippen LogP contribution in [-0.2, 0) is 4.74 Å². The molecule has 0 radical (unpaired) electrons. The van der Waals surface area contributed by atoms with Gasteiger partial charge in [-0.05, 0) is 13.0 Å². The minimum Gasteiger partial charge on any atom is -0.387 e. The molecule has 1 aromatic rings. The van der Waals surface area contributed by atoms with Gasteiger partial charge in [0.15, 0.2) is 0 Å². The summed E-state index contributed by atoms with van der Waals surface area (Å²) in [4.78, 5) is 6.63. The summed E-state index contributed by atoms with van der Waals surface area (Å²) in [6, 6.07) is 4.06. The SMILES string of the molecule is CNc1cc(C#N)c(N2CCOCC2)nc1C. The average molecular weight is 232 g/mol. The van der Waals surface area contributed by atoms with Gasteiger partial charge in [-0.2, -0.15) is 5.26 Å². The van der Waals surface area contributed by atoms with Crippen molar-refractivity contribution >= 4 is 11.5 Å². The Morgan fingerprint density at radius 1 is 1.47 bits per heavy atom. The molecule has 2 heterocycles. The number of anilines is 2. The van der Waals surface area contributed by atoms with Gasteiger partial charge >= 0.3 is 0 Å². The van der Waals surface area contributed by atoms with Gasteiger partial charge in [0.25, 0.3) is 0 Å². The molecule has 1 saturated heterocycles. The first-order valence-electron chi connectivity index (χ1n) is 5.68. The van der Waals surface area contributed by atoms with Crippen LogP contribution in [0.2, 0.25) is 0 Å². The fourth-order valence-electron chi connectivity index (χ4n) is 1.94. The quantitative estimate of drug-likeness (QED) is 0.828. The fourth-order valence-corrected chi connectivity index (χ4v) is 1.94. The zero-order valence-corrected chi connectivity index (χ0v) is 10.2. The van der Waals surface area contributed by atoms with Crippen LogP contribution in [0.1, 0.15) is 11.3 Å². The zero-order chi connectivity index (χ0) is 12.3. The monoisotopic (exact) mass is 232 g/mol. The zero-order valence-electron chi connectivity index (χ0n) is 10.2. The Hall–Kier alpha value is -1.80. The minimum atomic E-state index is 0.613. The van der Waals surface area contributed by atoms with Gasteiger partial charge in [-0.1, -0.05) is 0 Å². The van der Waals surface area contributed by atoms with Crippen LogP contribution < -0.4 is 10.2 Å². The van der Waals surface area contributed by atoms with Crippen molar-refractivity contribution in [3.8, 4) is 6.07 Å². The molecule has 1 aliphatic rings. The maximum absolute atomic E-state index is 9.18. The Labute approximate surface area is 101 Å². The summed E-state index contributed by atoms with van der Waals surface area (Å²) in [6.45, 7) is 4.91. The standard InChI is InChI=1S/C12H16N4O/c1-9-11(14-2)7-10(8-13)12(15-9)16-3-5-17-6-4-16/h7,14H,3-6H2,1-2H3. The Morgan fingerprint density at radius 3 is 2.76 bits per heavy atom. The number of rotatable bonds is 2. The lowest BCUT2D eigenvalue weighted by Crippen LogP contribution is -2.37. The van der Waals surface area contributed by atoms with Crippen molar-refractivity contribution in [1.29, 1.82) is 5.26 Å². The lowest BCUT2D eigenvalue weighted by molar-refractivity contribution is 0.122. The Balaban J connectivity index is 2.38. The summed E-state index contributed by atoms with van der Waals surface area (Å²) >= 11 is 0. The number of ether oxygens (including phenoxy) is 1. The number of pyridine rings is 1. The van der Waals surface area contributed by atoms with E-state index in [-0.39, 0.29) is 0 Å². The smallest absolute Gasteiger partial charge is 0.147 e. The molecule has 0 saturated carbocycles. The Morgan fingerprint density at radius 2 is 2.18 bits per heavy atom. The summed E-state index contributed by atoms with van der Waals surface area (Å²) in [5, 5.41) is 12.2. The van der Waals surface area contributed by atoms with Crippen LogP contribution in [0.15, 0.2) is 6.07 Å². The number of aromatic nitrogens is 1. The maximum atomic E-state index is 9.18. The van der Waals surface area contributed by atoms with Crippen LogP contribution >= 0.6 is 0 Å². The van der Waals surface area contributed by atoms with E-state index in [4.69, 9.17) is 4.74 Å². The molecule has 0 spiro atoms. The average Bonchev–Trinajstić information content (AvgIpc) is 2.39. The summed E-state index contributed by atoms with van der Waals surface area (Å²) in [5.74, 6) is 0.771. The molecule has 0 unspecified atom stereocenters. The predicted molar refractivity (Wildman–Crippen MR) is 66.3 cm³/mol. The number of nitriles is 1. The largest absolute Gasteiger partial charge is 0.387 e. The van der Waals surface area contributed by atoms with Gasteiger partial charge in [0.2, 0.25) is 0 Å². The van der Waals surface area contributed by atoms with Gasteiger partial charge in [-0.25, -0.2) is 4.98 Å². The third-order valence-electron chi connectivity index (χ3n) is 2.89. The molecule has 1 aliphatic heterocycles. The predicted octanol–water partition coefficient (Wildman–Crippen LogP) is 1.14. The number of hydrogen-bond donors (Lipinski definition) is 1. The molecule has 1 N–H and O–H groups in total. The highest BCUT2D eigenvalue weighted by molar-refractivity contribution is 5.62. The first-order valence-corrected chi connectivity index (χ1v) is 5.68. The lowest BCUT2D eigenvalue weighted by atomic mass is 10.2. The third-order valence-corrected chi connectivity index (χ3v) is 2.89. The molecular weight excluding hydrogens is 216 g/mol. The molecule has 1 aromatic heterocycles. The van der Waals surface area contributed by atoms with Crippen LogP contribution in [0.5, 0.6) is 0 Å². The molecule has 0 atom stereocenters. The molecule has 5 heteroatoms. The highest BCUT2D eigenvalue weighted by Gasteiger charge is 2.17. The first kappa shape index (κ1) is 11.7. The highest BCUT2D eigenvalue weighted by Crippen LogP contribution is 2.24. The van der Waals surface area contributed by atoms with Crippen LogP contribution in [0.25, 0.3) is 0 Å². The number of nitrogens with zero attached hydrogens (tertiary/aromatic N) is 3. The summed E-state index contributed by atoms with van der Waals surface area (Å²) < 4.78 is 5.31. The molecule has 0 aliphatic carbocycles. The van der Waals surface area contributed by atoms with E-state index in [0.717, 1.165) is 30.3 Å². The van der Waals surface area contributed by atoms with Crippen LogP contribution in [0.4, 0.5) is 11.5 Å². The Bertz CT molecular complexity index is 447.